The fourth-order valence-electron chi connectivity index (χ4n) is 1.16. The second kappa shape index (κ2) is 3.69. The molecular formula is C9H5BrF2N2O. The molecule has 0 amide bonds. The summed E-state index contributed by atoms with van der Waals surface area (Å²) >= 11 is 2.91. The highest BCUT2D eigenvalue weighted by Gasteiger charge is 2.18. The predicted molar refractivity (Wildman–Crippen MR) is 52.1 cm³/mol. The van der Waals surface area contributed by atoms with Gasteiger partial charge in [-0.15, -0.1) is 10.2 Å². The van der Waals surface area contributed by atoms with E-state index >= 15 is 0 Å². The first-order valence-corrected chi connectivity index (χ1v) is 4.83. The molecule has 1 heterocycles. The largest absolute Gasteiger partial charge is 0.411 e. The minimum absolute atomic E-state index is 0.0813. The molecular weight excluding hydrogens is 270 g/mol. The minimum Gasteiger partial charge on any atom is -0.411 e. The molecule has 0 saturated carbocycles. The maximum Gasteiger partial charge on any atom is 0.285 e. The fraction of sp³-hybridized carbons (Fsp3) is 0.111. The van der Waals surface area contributed by atoms with E-state index in [-0.39, 0.29) is 16.3 Å². The number of hydrogen-bond donors (Lipinski definition) is 0. The molecule has 0 spiro atoms. The Labute approximate surface area is 92.3 Å². The van der Waals surface area contributed by atoms with Gasteiger partial charge in [-0.3, -0.25) is 0 Å². The molecule has 0 radical (unpaired) electrons. The number of rotatable bonds is 1. The van der Waals surface area contributed by atoms with Crippen molar-refractivity contribution in [3.8, 4) is 11.5 Å². The van der Waals surface area contributed by atoms with Gasteiger partial charge in [-0.2, -0.15) is 0 Å². The van der Waals surface area contributed by atoms with Gasteiger partial charge < -0.3 is 4.42 Å². The number of aryl methyl sites for hydroxylation is 1. The Bertz CT molecular complexity index is 513. The Balaban J connectivity index is 2.66. The van der Waals surface area contributed by atoms with E-state index < -0.39 is 11.6 Å². The van der Waals surface area contributed by atoms with Crippen molar-refractivity contribution in [1.82, 2.24) is 10.2 Å². The van der Waals surface area contributed by atoms with Gasteiger partial charge in [0.05, 0.1) is 0 Å². The molecule has 1 aromatic heterocycles. The maximum absolute atomic E-state index is 13.6. The highest BCUT2D eigenvalue weighted by atomic mass is 79.9. The van der Waals surface area contributed by atoms with Crippen LogP contribution < -0.4 is 0 Å². The molecule has 0 unspecified atom stereocenters. The molecule has 0 bridgehead atoms. The second-order valence-corrected chi connectivity index (χ2v) is 3.59. The third-order valence-electron chi connectivity index (χ3n) is 1.90. The first kappa shape index (κ1) is 10.2. The normalized spacial score (nSPS) is 10.7. The second-order valence-electron chi connectivity index (χ2n) is 2.91. The lowest BCUT2D eigenvalue weighted by Crippen LogP contribution is -1.93. The van der Waals surface area contributed by atoms with Crippen molar-refractivity contribution in [3.63, 3.8) is 0 Å². The van der Waals surface area contributed by atoms with Crippen molar-refractivity contribution < 1.29 is 13.2 Å². The molecule has 2 rings (SSSR count). The van der Waals surface area contributed by atoms with Gasteiger partial charge in [-0.1, -0.05) is 6.07 Å². The van der Waals surface area contributed by atoms with Crippen LogP contribution in [-0.4, -0.2) is 10.2 Å². The van der Waals surface area contributed by atoms with Crippen LogP contribution in [-0.2, 0) is 0 Å². The molecule has 0 aliphatic carbocycles. The van der Waals surface area contributed by atoms with Gasteiger partial charge in [-0.05, 0) is 18.6 Å². The molecule has 0 aliphatic heterocycles. The van der Waals surface area contributed by atoms with Crippen LogP contribution in [0.3, 0.4) is 0 Å². The van der Waals surface area contributed by atoms with E-state index in [0.717, 1.165) is 6.07 Å². The van der Waals surface area contributed by atoms with Crippen LogP contribution in [0.2, 0.25) is 0 Å². The Kier molecular flexibility index (Phi) is 2.52. The number of benzene rings is 1. The molecule has 1 aromatic carbocycles. The summed E-state index contributed by atoms with van der Waals surface area (Å²) in [6, 6.07) is 2.51. The Morgan fingerprint density at radius 3 is 2.60 bits per heavy atom. The zero-order valence-electron chi connectivity index (χ0n) is 7.59. The Morgan fingerprint density at radius 2 is 2.00 bits per heavy atom. The molecule has 0 atom stereocenters. The van der Waals surface area contributed by atoms with Crippen molar-refractivity contribution in [2.75, 3.05) is 0 Å². The van der Waals surface area contributed by atoms with Gasteiger partial charge in [0, 0.05) is 15.9 Å². The molecule has 78 valence electrons. The van der Waals surface area contributed by atoms with Crippen LogP contribution in [0.1, 0.15) is 5.56 Å². The molecule has 0 fully saturated rings. The molecule has 3 nitrogen and oxygen atoms in total. The lowest BCUT2D eigenvalue weighted by molar-refractivity contribution is 0.519. The number of nitrogens with zero attached hydrogens (tertiary/aromatic N) is 2. The summed E-state index contributed by atoms with van der Waals surface area (Å²) in [5.74, 6) is -1.60. The van der Waals surface area contributed by atoms with Crippen LogP contribution in [0.15, 0.2) is 21.3 Å². The summed E-state index contributed by atoms with van der Waals surface area (Å²) in [5.41, 5.74) is 0.0222. The summed E-state index contributed by atoms with van der Waals surface area (Å²) in [6.07, 6.45) is 0. The van der Waals surface area contributed by atoms with Crippen molar-refractivity contribution in [1.29, 1.82) is 0 Å². The summed E-state index contributed by atoms with van der Waals surface area (Å²) in [4.78, 5) is 0.0813. The first-order chi connectivity index (χ1) is 7.09. The van der Waals surface area contributed by atoms with Gasteiger partial charge in [-0.25, -0.2) is 8.78 Å². The predicted octanol–water partition coefficient (Wildman–Crippen LogP) is 3.09. The van der Waals surface area contributed by atoms with Crippen molar-refractivity contribution in [3.05, 3.63) is 34.1 Å². The molecule has 0 saturated heterocycles. The monoisotopic (exact) mass is 274 g/mol. The van der Waals surface area contributed by atoms with E-state index in [1.807, 2.05) is 0 Å². The quantitative estimate of drug-likeness (QED) is 0.802. The van der Waals surface area contributed by atoms with Crippen LogP contribution >= 0.6 is 15.9 Å². The van der Waals surface area contributed by atoms with Gasteiger partial charge in [0.15, 0.2) is 0 Å². The fourth-order valence-corrected chi connectivity index (χ4v) is 1.39. The zero-order valence-corrected chi connectivity index (χ0v) is 9.18. The van der Waals surface area contributed by atoms with Crippen LogP contribution in [0.5, 0.6) is 0 Å². The van der Waals surface area contributed by atoms with Gasteiger partial charge in [0.25, 0.3) is 10.7 Å². The molecule has 2 aromatic rings. The van der Waals surface area contributed by atoms with E-state index in [4.69, 9.17) is 4.42 Å². The van der Waals surface area contributed by atoms with Gasteiger partial charge in [0.2, 0.25) is 0 Å². The average Bonchev–Trinajstić information content (AvgIpc) is 2.59. The number of halogens is 3. The SMILES string of the molecule is Cc1ccc(F)c(-c2nnc(Br)o2)c1F. The minimum atomic E-state index is -0.728. The van der Waals surface area contributed by atoms with Crippen LogP contribution in [0.25, 0.3) is 11.5 Å². The molecule has 15 heavy (non-hydrogen) atoms. The van der Waals surface area contributed by atoms with E-state index in [2.05, 4.69) is 26.1 Å². The van der Waals surface area contributed by atoms with E-state index in [9.17, 15) is 8.78 Å². The summed E-state index contributed by atoms with van der Waals surface area (Å²) in [5, 5.41) is 6.98. The van der Waals surface area contributed by atoms with Crippen LogP contribution in [0.4, 0.5) is 8.78 Å². The third-order valence-corrected chi connectivity index (χ3v) is 2.22. The molecule has 0 aliphatic rings. The van der Waals surface area contributed by atoms with Crippen molar-refractivity contribution >= 4 is 15.9 Å². The zero-order chi connectivity index (χ0) is 11.0. The standard InChI is InChI=1S/C9H5BrF2N2O/c1-4-2-3-5(11)6(7(4)12)8-13-14-9(10)15-8/h2-3H,1H3. The smallest absolute Gasteiger partial charge is 0.285 e. The topological polar surface area (TPSA) is 38.9 Å². The van der Waals surface area contributed by atoms with E-state index in [1.165, 1.54) is 13.0 Å². The highest BCUT2D eigenvalue weighted by molar-refractivity contribution is 9.10. The lowest BCUT2D eigenvalue weighted by Gasteiger charge is -2.02. The number of aromatic nitrogens is 2. The third kappa shape index (κ3) is 1.77. The van der Waals surface area contributed by atoms with E-state index in [1.54, 1.807) is 0 Å². The molecule has 0 N–H and O–H groups in total. The Hall–Kier alpha value is -1.30. The summed E-state index contributed by atoms with van der Waals surface area (Å²) in [6.45, 7) is 1.53. The van der Waals surface area contributed by atoms with E-state index in [0.29, 0.717) is 5.56 Å². The highest BCUT2D eigenvalue weighted by Crippen LogP contribution is 2.27. The maximum atomic E-state index is 13.6. The summed E-state index contributed by atoms with van der Waals surface area (Å²) < 4.78 is 31.8. The summed E-state index contributed by atoms with van der Waals surface area (Å²) in [7, 11) is 0. The van der Waals surface area contributed by atoms with Crippen LogP contribution in [0, 0.1) is 18.6 Å². The van der Waals surface area contributed by atoms with Crippen molar-refractivity contribution in [2.24, 2.45) is 0 Å². The first-order valence-electron chi connectivity index (χ1n) is 4.03. The Morgan fingerprint density at radius 1 is 1.27 bits per heavy atom. The number of hydrogen-bond acceptors (Lipinski definition) is 3. The van der Waals surface area contributed by atoms with Crippen molar-refractivity contribution in [2.45, 2.75) is 6.92 Å². The van der Waals surface area contributed by atoms with Gasteiger partial charge >= 0.3 is 0 Å². The van der Waals surface area contributed by atoms with Gasteiger partial charge in [0.1, 0.15) is 17.2 Å². The molecule has 6 heteroatoms. The lowest BCUT2D eigenvalue weighted by atomic mass is 10.1. The average molecular weight is 275 g/mol.